The number of benzene rings is 3. The van der Waals surface area contributed by atoms with Crippen LogP contribution in [0.5, 0.6) is 0 Å². The van der Waals surface area contributed by atoms with Crippen LogP contribution in [-0.2, 0) is 5.54 Å². The smallest absolute Gasteiger partial charge is 0.234 e. The van der Waals surface area contributed by atoms with E-state index in [9.17, 15) is 4.39 Å². The van der Waals surface area contributed by atoms with Gasteiger partial charge in [0.25, 0.3) is 0 Å². The first kappa shape index (κ1) is 24.2. The van der Waals surface area contributed by atoms with Gasteiger partial charge < -0.3 is 4.90 Å². The SMILES string of the molecule is CC1CN(C(c2ccccc2)(c2ccccc2)c2ccccc2)CCN1c1cc(I)c(Cl)c(F)n1. The fourth-order valence-corrected chi connectivity index (χ4v) is 5.89. The molecule has 0 aliphatic carbocycles. The van der Waals surface area contributed by atoms with Crippen molar-refractivity contribution in [1.82, 2.24) is 9.88 Å². The fraction of sp³-hybridized carbons (Fsp3) is 0.207. The second kappa shape index (κ2) is 10.2. The fourth-order valence-electron chi connectivity index (χ4n) is 5.29. The number of aromatic nitrogens is 1. The first-order valence-corrected chi connectivity index (χ1v) is 13.2. The quantitative estimate of drug-likeness (QED) is 0.141. The zero-order valence-electron chi connectivity index (χ0n) is 19.4. The topological polar surface area (TPSA) is 19.4 Å². The Kier molecular flexibility index (Phi) is 7.09. The third-order valence-corrected chi connectivity index (χ3v) is 8.36. The van der Waals surface area contributed by atoms with Crippen LogP contribution in [0.4, 0.5) is 10.2 Å². The Morgan fingerprint density at radius 2 is 1.34 bits per heavy atom. The molecule has 0 bridgehead atoms. The Labute approximate surface area is 224 Å². The Balaban J connectivity index is 1.61. The number of halogens is 3. The van der Waals surface area contributed by atoms with Crippen LogP contribution < -0.4 is 4.90 Å². The predicted octanol–water partition coefficient (Wildman–Crippen LogP) is 6.98. The number of hydrogen-bond donors (Lipinski definition) is 0. The molecule has 1 aromatic heterocycles. The second-order valence-electron chi connectivity index (χ2n) is 8.86. The maximum absolute atomic E-state index is 14.4. The van der Waals surface area contributed by atoms with Gasteiger partial charge >= 0.3 is 0 Å². The average Bonchev–Trinajstić information content (AvgIpc) is 2.89. The molecule has 6 heteroatoms. The Morgan fingerprint density at radius 3 is 1.77 bits per heavy atom. The van der Waals surface area contributed by atoms with Crippen molar-refractivity contribution < 1.29 is 4.39 Å². The lowest BCUT2D eigenvalue weighted by atomic mass is 9.75. The highest BCUT2D eigenvalue weighted by Crippen LogP contribution is 2.43. The Hall–Kier alpha value is -2.48. The van der Waals surface area contributed by atoms with Gasteiger partial charge in [-0.25, -0.2) is 4.98 Å². The van der Waals surface area contributed by atoms with E-state index < -0.39 is 11.5 Å². The van der Waals surface area contributed by atoms with Gasteiger partial charge in [0, 0.05) is 29.2 Å². The van der Waals surface area contributed by atoms with E-state index in [1.807, 2.05) is 6.07 Å². The molecular weight excluding hydrogens is 572 g/mol. The van der Waals surface area contributed by atoms with E-state index in [-0.39, 0.29) is 11.1 Å². The molecule has 178 valence electrons. The molecule has 4 aromatic rings. The monoisotopic (exact) mass is 597 g/mol. The van der Waals surface area contributed by atoms with Crippen molar-refractivity contribution in [2.24, 2.45) is 0 Å². The van der Waals surface area contributed by atoms with E-state index >= 15 is 0 Å². The maximum Gasteiger partial charge on any atom is 0.234 e. The van der Waals surface area contributed by atoms with E-state index in [0.29, 0.717) is 9.39 Å². The predicted molar refractivity (Wildman–Crippen MR) is 150 cm³/mol. The molecule has 1 atom stereocenters. The van der Waals surface area contributed by atoms with Crippen molar-refractivity contribution in [3.05, 3.63) is 128 Å². The maximum atomic E-state index is 14.4. The first-order valence-electron chi connectivity index (χ1n) is 11.7. The van der Waals surface area contributed by atoms with Crippen LogP contribution in [0.2, 0.25) is 5.02 Å². The van der Waals surface area contributed by atoms with E-state index in [2.05, 4.69) is 135 Å². The number of pyridine rings is 1. The molecule has 35 heavy (non-hydrogen) atoms. The summed E-state index contributed by atoms with van der Waals surface area (Å²) in [7, 11) is 0. The Morgan fingerprint density at radius 1 is 0.857 bits per heavy atom. The van der Waals surface area contributed by atoms with Gasteiger partial charge in [0.05, 0.1) is 5.54 Å². The van der Waals surface area contributed by atoms with Crippen molar-refractivity contribution in [3.8, 4) is 0 Å². The van der Waals surface area contributed by atoms with Crippen LogP contribution in [0.1, 0.15) is 23.6 Å². The summed E-state index contributed by atoms with van der Waals surface area (Å²) >= 11 is 8.11. The zero-order valence-corrected chi connectivity index (χ0v) is 22.3. The highest BCUT2D eigenvalue weighted by molar-refractivity contribution is 14.1. The number of rotatable bonds is 5. The molecule has 0 N–H and O–H groups in total. The summed E-state index contributed by atoms with van der Waals surface area (Å²) in [6, 6.07) is 34.1. The molecule has 5 rings (SSSR count). The van der Waals surface area contributed by atoms with E-state index in [1.54, 1.807) is 0 Å². The van der Waals surface area contributed by atoms with E-state index in [0.717, 1.165) is 19.6 Å². The highest BCUT2D eigenvalue weighted by Gasteiger charge is 2.44. The van der Waals surface area contributed by atoms with Crippen molar-refractivity contribution in [1.29, 1.82) is 0 Å². The van der Waals surface area contributed by atoms with Gasteiger partial charge in [-0.3, -0.25) is 4.90 Å². The minimum absolute atomic E-state index is 0.0805. The van der Waals surface area contributed by atoms with Gasteiger partial charge in [-0.1, -0.05) is 103 Å². The molecule has 0 amide bonds. The highest BCUT2D eigenvalue weighted by atomic mass is 127. The second-order valence-corrected chi connectivity index (χ2v) is 10.4. The summed E-state index contributed by atoms with van der Waals surface area (Å²) in [4.78, 5) is 8.92. The lowest BCUT2D eigenvalue weighted by Gasteiger charge is -2.51. The number of piperazine rings is 1. The standard InChI is InChI=1S/C29H26ClFIN3/c1-21-20-34(17-18-35(21)26-19-25(32)27(30)28(31)33-26)29(22-11-5-2-6-12-22,23-13-7-3-8-14-23)24-15-9-4-10-16-24/h2-16,19,21H,17-18,20H2,1H3. The molecule has 1 aliphatic rings. The van der Waals surface area contributed by atoms with E-state index in [1.165, 1.54) is 16.7 Å². The van der Waals surface area contributed by atoms with E-state index in [4.69, 9.17) is 11.6 Å². The molecule has 1 aliphatic heterocycles. The molecule has 0 spiro atoms. The summed E-state index contributed by atoms with van der Waals surface area (Å²) in [6.45, 7) is 4.46. The van der Waals surface area contributed by atoms with Gasteiger partial charge in [0.15, 0.2) is 0 Å². The lowest BCUT2D eigenvalue weighted by Crippen LogP contribution is -2.60. The third kappa shape index (κ3) is 4.46. The summed E-state index contributed by atoms with van der Waals surface area (Å²) in [5.74, 6) is 0.0172. The van der Waals surface area contributed by atoms with Gasteiger partial charge in [-0.05, 0) is 52.3 Å². The summed E-state index contributed by atoms with van der Waals surface area (Å²) < 4.78 is 15.0. The van der Waals surface area contributed by atoms with Crippen molar-refractivity contribution >= 4 is 40.0 Å². The molecule has 1 saturated heterocycles. The summed E-state index contributed by atoms with van der Waals surface area (Å²) in [5, 5.41) is 0.0805. The van der Waals surface area contributed by atoms with Gasteiger partial charge in [-0.15, -0.1) is 0 Å². The molecule has 3 aromatic carbocycles. The molecule has 2 heterocycles. The number of anilines is 1. The number of hydrogen-bond acceptors (Lipinski definition) is 3. The molecular formula is C29H26ClFIN3. The Bertz CT molecular complexity index is 1170. The van der Waals surface area contributed by atoms with Crippen LogP contribution in [-0.4, -0.2) is 35.6 Å². The molecule has 0 radical (unpaired) electrons. The van der Waals surface area contributed by atoms with Crippen molar-refractivity contribution in [3.63, 3.8) is 0 Å². The molecule has 1 fully saturated rings. The van der Waals surface area contributed by atoms with Crippen molar-refractivity contribution in [2.75, 3.05) is 24.5 Å². The lowest BCUT2D eigenvalue weighted by molar-refractivity contribution is 0.128. The molecule has 0 saturated carbocycles. The summed E-state index contributed by atoms with van der Waals surface area (Å²) in [6.07, 6.45) is 0. The molecule has 3 nitrogen and oxygen atoms in total. The normalized spacial score (nSPS) is 16.9. The average molecular weight is 598 g/mol. The number of nitrogens with zero attached hydrogens (tertiary/aromatic N) is 3. The van der Waals surface area contributed by atoms with Crippen LogP contribution in [0.15, 0.2) is 97.1 Å². The van der Waals surface area contributed by atoms with Crippen LogP contribution in [0, 0.1) is 9.52 Å². The third-order valence-electron chi connectivity index (χ3n) is 6.83. The molecule has 1 unspecified atom stereocenters. The van der Waals surface area contributed by atoms with Crippen LogP contribution in [0.3, 0.4) is 0 Å². The largest absolute Gasteiger partial charge is 0.351 e. The minimum Gasteiger partial charge on any atom is -0.351 e. The zero-order chi connectivity index (χ0) is 24.4. The van der Waals surface area contributed by atoms with Crippen LogP contribution >= 0.6 is 34.2 Å². The van der Waals surface area contributed by atoms with Gasteiger partial charge in [0.2, 0.25) is 5.95 Å². The van der Waals surface area contributed by atoms with Gasteiger partial charge in [0.1, 0.15) is 10.8 Å². The van der Waals surface area contributed by atoms with Gasteiger partial charge in [-0.2, -0.15) is 4.39 Å². The first-order chi connectivity index (χ1) is 17.0. The summed E-state index contributed by atoms with van der Waals surface area (Å²) in [5.41, 5.74) is 3.21. The van der Waals surface area contributed by atoms with Crippen LogP contribution in [0.25, 0.3) is 0 Å². The minimum atomic E-state index is -0.615. The van der Waals surface area contributed by atoms with Crippen molar-refractivity contribution in [2.45, 2.75) is 18.5 Å².